The van der Waals surface area contributed by atoms with Crippen LogP contribution in [0.3, 0.4) is 0 Å². The van der Waals surface area contributed by atoms with Crippen molar-refractivity contribution in [1.82, 2.24) is 5.32 Å². The lowest BCUT2D eigenvalue weighted by Gasteiger charge is -2.22. The van der Waals surface area contributed by atoms with Crippen molar-refractivity contribution in [3.05, 3.63) is 33.9 Å². The van der Waals surface area contributed by atoms with Gasteiger partial charge in [-0.2, -0.15) is 5.26 Å². The van der Waals surface area contributed by atoms with E-state index >= 15 is 0 Å². The third-order valence-corrected chi connectivity index (χ3v) is 3.27. The van der Waals surface area contributed by atoms with E-state index in [1.54, 1.807) is 6.07 Å². The molecule has 21 heavy (non-hydrogen) atoms. The largest absolute Gasteiger partial charge is 0.493 e. The molecule has 0 spiro atoms. The molecular formula is C15H21N3O3. The van der Waals surface area contributed by atoms with Crippen LogP contribution in [-0.4, -0.2) is 23.6 Å². The van der Waals surface area contributed by atoms with Crippen molar-refractivity contribution in [3.63, 3.8) is 0 Å². The zero-order valence-electron chi connectivity index (χ0n) is 12.7. The predicted octanol–water partition coefficient (Wildman–Crippen LogP) is 2.95. The SMILES string of the molecule is CCNC(C)(C#N)CCCOc1cc([N+](=O)[O-])ccc1C. The van der Waals surface area contributed by atoms with E-state index in [4.69, 9.17) is 10.00 Å². The molecule has 1 rings (SSSR count). The number of benzene rings is 1. The number of ether oxygens (including phenoxy) is 1. The van der Waals surface area contributed by atoms with Gasteiger partial charge in [-0.05, 0) is 44.9 Å². The number of hydrogen-bond donors (Lipinski definition) is 1. The third kappa shape index (κ3) is 5.04. The van der Waals surface area contributed by atoms with Gasteiger partial charge in [0.15, 0.2) is 0 Å². The van der Waals surface area contributed by atoms with Gasteiger partial charge in [-0.1, -0.05) is 6.92 Å². The van der Waals surface area contributed by atoms with Crippen molar-refractivity contribution in [3.8, 4) is 11.8 Å². The molecule has 6 nitrogen and oxygen atoms in total. The first-order valence-electron chi connectivity index (χ1n) is 6.96. The second-order valence-corrected chi connectivity index (χ2v) is 5.13. The first-order chi connectivity index (χ1) is 9.91. The highest BCUT2D eigenvalue weighted by Gasteiger charge is 2.21. The Balaban J connectivity index is 2.55. The van der Waals surface area contributed by atoms with Crippen LogP contribution in [0.4, 0.5) is 5.69 Å². The van der Waals surface area contributed by atoms with Crippen molar-refractivity contribution in [2.75, 3.05) is 13.2 Å². The van der Waals surface area contributed by atoms with Gasteiger partial charge in [0.2, 0.25) is 0 Å². The molecule has 0 aliphatic heterocycles. The Morgan fingerprint density at radius 3 is 2.81 bits per heavy atom. The zero-order valence-corrected chi connectivity index (χ0v) is 12.7. The fourth-order valence-electron chi connectivity index (χ4n) is 2.04. The standard InChI is InChI=1S/C15H21N3O3/c1-4-17-15(3,11-16)8-5-9-21-14-10-13(18(19)20)7-6-12(14)2/h6-7,10,17H,4-5,8-9H2,1-3H3. The smallest absolute Gasteiger partial charge is 0.273 e. The summed E-state index contributed by atoms with van der Waals surface area (Å²) in [5, 5.41) is 23.0. The molecule has 1 aromatic rings. The number of nitro groups is 1. The maximum absolute atomic E-state index is 10.7. The Kier molecular flexibility index (Phi) is 6.12. The van der Waals surface area contributed by atoms with Crippen LogP contribution >= 0.6 is 0 Å². The lowest BCUT2D eigenvalue weighted by atomic mass is 9.98. The molecule has 0 fully saturated rings. The highest BCUT2D eigenvalue weighted by Crippen LogP contribution is 2.24. The number of non-ortho nitro benzene ring substituents is 1. The maximum Gasteiger partial charge on any atom is 0.273 e. The first kappa shape index (κ1) is 16.9. The summed E-state index contributed by atoms with van der Waals surface area (Å²) in [7, 11) is 0. The van der Waals surface area contributed by atoms with Crippen molar-refractivity contribution in [2.24, 2.45) is 0 Å². The molecule has 0 saturated heterocycles. The van der Waals surface area contributed by atoms with E-state index in [1.165, 1.54) is 12.1 Å². The van der Waals surface area contributed by atoms with Gasteiger partial charge in [0.25, 0.3) is 5.69 Å². The Labute approximate surface area is 124 Å². The quantitative estimate of drug-likeness (QED) is 0.452. The maximum atomic E-state index is 10.7. The molecule has 0 heterocycles. The van der Waals surface area contributed by atoms with Crippen LogP contribution < -0.4 is 10.1 Å². The Morgan fingerprint density at radius 2 is 2.24 bits per heavy atom. The van der Waals surface area contributed by atoms with Crippen LogP contribution in [0.1, 0.15) is 32.3 Å². The Bertz CT molecular complexity index is 539. The lowest BCUT2D eigenvalue weighted by molar-refractivity contribution is -0.384. The number of aryl methyl sites for hydroxylation is 1. The molecular weight excluding hydrogens is 270 g/mol. The van der Waals surface area contributed by atoms with E-state index in [1.807, 2.05) is 20.8 Å². The molecule has 0 aromatic heterocycles. The summed E-state index contributed by atoms with van der Waals surface area (Å²) in [5.41, 5.74) is 0.316. The van der Waals surface area contributed by atoms with Crippen LogP contribution in [-0.2, 0) is 0 Å². The van der Waals surface area contributed by atoms with Gasteiger partial charge in [0, 0.05) is 6.07 Å². The first-order valence-corrected chi connectivity index (χ1v) is 6.96. The van der Waals surface area contributed by atoms with E-state index < -0.39 is 10.5 Å². The van der Waals surface area contributed by atoms with Crippen LogP contribution in [0, 0.1) is 28.4 Å². The van der Waals surface area contributed by atoms with Crippen LogP contribution in [0.2, 0.25) is 0 Å². The normalized spacial score (nSPS) is 13.2. The molecule has 1 N–H and O–H groups in total. The van der Waals surface area contributed by atoms with Gasteiger partial charge < -0.3 is 4.74 Å². The average molecular weight is 291 g/mol. The van der Waals surface area contributed by atoms with E-state index in [-0.39, 0.29) is 5.69 Å². The molecule has 114 valence electrons. The fourth-order valence-corrected chi connectivity index (χ4v) is 2.04. The molecule has 0 saturated carbocycles. The minimum Gasteiger partial charge on any atom is -0.493 e. The number of nitrogens with zero attached hydrogens (tertiary/aromatic N) is 2. The van der Waals surface area contributed by atoms with Gasteiger partial charge in [0.1, 0.15) is 11.3 Å². The second-order valence-electron chi connectivity index (χ2n) is 5.13. The molecule has 1 atom stereocenters. The molecule has 1 unspecified atom stereocenters. The summed E-state index contributed by atoms with van der Waals surface area (Å²) in [6.45, 7) is 6.81. The van der Waals surface area contributed by atoms with E-state index in [9.17, 15) is 10.1 Å². The summed E-state index contributed by atoms with van der Waals surface area (Å²) in [5.74, 6) is 0.520. The van der Waals surface area contributed by atoms with E-state index in [0.717, 1.165) is 12.1 Å². The predicted molar refractivity (Wildman–Crippen MR) is 80.3 cm³/mol. The summed E-state index contributed by atoms with van der Waals surface area (Å²) < 4.78 is 5.60. The summed E-state index contributed by atoms with van der Waals surface area (Å²) >= 11 is 0. The van der Waals surface area contributed by atoms with Crippen LogP contribution in [0.25, 0.3) is 0 Å². The molecule has 1 aromatic carbocycles. The van der Waals surface area contributed by atoms with Crippen molar-refractivity contribution < 1.29 is 9.66 Å². The third-order valence-electron chi connectivity index (χ3n) is 3.27. The molecule has 0 bridgehead atoms. The second kappa shape index (κ2) is 7.60. The van der Waals surface area contributed by atoms with Gasteiger partial charge in [-0.3, -0.25) is 15.4 Å². The van der Waals surface area contributed by atoms with Crippen molar-refractivity contribution >= 4 is 5.69 Å². The molecule has 0 aliphatic rings. The number of nitrogens with one attached hydrogen (secondary N) is 1. The van der Waals surface area contributed by atoms with Gasteiger partial charge in [-0.15, -0.1) is 0 Å². The minimum absolute atomic E-state index is 0.0186. The van der Waals surface area contributed by atoms with E-state index in [2.05, 4.69) is 11.4 Å². The number of nitro benzene ring substituents is 1. The molecule has 0 radical (unpaired) electrons. The monoisotopic (exact) mass is 291 g/mol. The fraction of sp³-hybridized carbons (Fsp3) is 0.533. The number of hydrogen-bond acceptors (Lipinski definition) is 5. The van der Waals surface area contributed by atoms with Gasteiger partial charge in [0.05, 0.1) is 23.7 Å². The zero-order chi connectivity index (χ0) is 15.9. The minimum atomic E-state index is -0.560. The van der Waals surface area contributed by atoms with Gasteiger partial charge in [-0.25, -0.2) is 0 Å². The van der Waals surface area contributed by atoms with E-state index in [0.29, 0.717) is 25.2 Å². The Morgan fingerprint density at radius 1 is 1.52 bits per heavy atom. The van der Waals surface area contributed by atoms with Crippen molar-refractivity contribution in [1.29, 1.82) is 5.26 Å². The molecule has 0 amide bonds. The topological polar surface area (TPSA) is 88.2 Å². The van der Waals surface area contributed by atoms with Gasteiger partial charge >= 0.3 is 0 Å². The molecule has 6 heteroatoms. The lowest BCUT2D eigenvalue weighted by Crippen LogP contribution is -2.40. The average Bonchev–Trinajstić information content (AvgIpc) is 2.45. The molecule has 0 aliphatic carbocycles. The summed E-state index contributed by atoms with van der Waals surface area (Å²) in [4.78, 5) is 10.3. The number of rotatable bonds is 8. The summed E-state index contributed by atoms with van der Waals surface area (Å²) in [6, 6.07) is 6.82. The van der Waals surface area contributed by atoms with Crippen LogP contribution in [0.15, 0.2) is 18.2 Å². The summed E-state index contributed by atoms with van der Waals surface area (Å²) in [6.07, 6.45) is 1.35. The highest BCUT2D eigenvalue weighted by molar-refractivity contribution is 5.43. The van der Waals surface area contributed by atoms with Crippen LogP contribution in [0.5, 0.6) is 5.75 Å². The Hall–Kier alpha value is -2.13. The van der Waals surface area contributed by atoms with Crippen molar-refractivity contribution in [2.45, 2.75) is 39.2 Å². The highest BCUT2D eigenvalue weighted by atomic mass is 16.6. The number of nitriles is 1.